The van der Waals surface area contributed by atoms with Gasteiger partial charge in [0.25, 0.3) is 0 Å². The van der Waals surface area contributed by atoms with Gasteiger partial charge in [-0.25, -0.2) is 4.79 Å². The third-order valence-corrected chi connectivity index (χ3v) is 5.72. The number of nitrogens with one attached hydrogen (secondary N) is 2. The topological polar surface area (TPSA) is 50.4 Å². The first kappa shape index (κ1) is 14.1. The number of ether oxygens (including phenoxy) is 1. The molecule has 0 spiro atoms. The first-order chi connectivity index (χ1) is 11.8. The molecular formula is C20H20N2O2. The lowest BCUT2D eigenvalue weighted by Crippen LogP contribution is -2.33. The summed E-state index contributed by atoms with van der Waals surface area (Å²) in [5.74, 6) is 1.33. The van der Waals surface area contributed by atoms with Crippen molar-refractivity contribution in [3.8, 4) is 11.1 Å². The van der Waals surface area contributed by atoms with Gasteiger partial charge in [0, 0.05) is 25.0 Å². The summed E-state index contributed by atoms with van der Waals surface area (Å²) >= 11 is 0. The molecule has 1 saturated heterocycles. The van der Waals surface area contributed by atoms with E-state index in [2.05, 4.69) is 59.2 Å². The van der Waals surface area contributed by atoms with Crippen molar-refractivity contribution in [2.75, 3.05) is 19.7 Å². The summed E-state index contributed by atoms with van der Waals surface area (Å²) in [4.78, 5) is 12.2. The Balaban J connectivity index is 1.29. The maximum Gasteiger partial charge on any atom is 0.407 e. The third-order valence-electron chi connectivity index (χ3n) is 5.72. The zero-order valence-electron chi connectivity index (χ0n) is 13.4. The maximum atomic E-state index is 12.2. The Morgan fingerprint density at radius 2 is 1.58 bits per heavy atom. The lowest BCUT2D eigenvalue weighted by Gasteiger charge is -2.15. The highest BCUT2D eigenvalue weighted by atomic mass is 16.5. The molecule has 2 aromatic carbocycles. The van der Waals surface area contributed by atoms with Crippen LogP contribution < -0.4 is 10.6 Å². The number of rotatable bonds is 3. The highest BCUT2D eigenvalue weighted by molar-refractivity contribution is 5.79. The second kappa shape index (κ2) is 5.35. The lowest BCUT2D eigenvalue weighted by molar-refractivity contribution is 0.141. The Kier molecular flexibility index (Phi) is 3.13. The van der Waals surface area contributed by atoms with Gasteiger partial charge in [0.05, 0.1) is 0 Å². The van der Waals surface area contributed by atoms with Crippen LogP contribution in [0.15, 0.2) is 48.5 Å². The van der Waals surface area contributed by atoms with Gasteiger partial charge in [0.2, 0.25) is 0 Å². The number of alkyl carbamates (subject to hydrolysis) is 1. The van der Waals surface area contributed by atoms with Crippen molar-refractivity contribution in [3.63, 3.8) is 0 Å². The van der Waals surface area contributed by atoms with Gasteiger partial charge in [0.15, 0.2) is 0 Å². The van der Waals surface area contributed by atoms with E-state index in [1.807, 2.05) is 0 Å². The molecule has 2 fully saturated rings. The van der Waals surface area contributed by atoms with E-state index in [-0.39, 0.29) is 12.0 Å². The normalized spacial score (nSPS) is 26.4. The second-order valence-corrected chi connectivity index (χ2v) is 6.98. The third kappa shape index (κ3) is 2.13. The number of fused-ring (bicyclic) bond motifs is 4. The molecule has 3 aliphatic rings. The quantitative estimate of drug-likeness (QED) is 0.914. The van der Waals surface area contributed by atoms with Gasteiger partial charge >= 0.3 is 6.09 Å². The average Bonchev–Trinajstić information content (AvgIpc) is 2.99. The number of carbonyl (C=O) groups is 1. The van der Waals surface area contributed by atoms with E-state index in [9.17, 15) is 4.79 Å². The highest BCUT2D eigenvalue weighted by Gasteiger charge is 2.53. The van der Waals surface area contributed by atoms with Crippen LogP contribution in [0.3, 0.4) is 0 Å². The van der Waals surface area contributed by atoms with Crippen molar-refractivity contribution in [2.45, 2.75) is 12.0 Å². The zero-order valence-corrected chi connectivity index (χ0v) is 13.4. The average molecular weight is 320 g/mol. The highest BCUT2D eigenvalue weighted by Crippen LogP contribution is 2.45. The minimum absolute atomic E-state index is 0.128. The molecule has 1 saturated carbocycles. The lowest BCUT2D eigenvalue weighted by atomic mass is 9.98. The predicted molar refractivity (Wildman–Crippen MR) is 91.8 cm³/mol. The molecule has 1 aliphatic heterocycles. The summed E-state index contributed by atoms with van der Waals surface area (Å²) in [5.41, 5.74) is 5.01. The van der Waals surface area contributed by atoms with Gasteiger partial charge in [-0.05, 0) is 34.1 Å². The fraction of sp³-hybridized carbons (Fsp3) is 0.350. The van der Waals surface area contributed by atoms with Crippen LogP contribution in [0.25, 0.3) is 11.1 Å². The summed E-state index contributed by atoms with van der Waals surface area (Å²) in [7, 11) is 0. The number of benzene rings is 2. The summed E-state index contributed by atoms with van der Waals surface area (Å²) in [6.45, 7) is 2.41. The zero-order chi connectivity index (χ0) is 16.1. The standard InChI is InChI=1S/C20H20N2O2/c23-20(22-19-16-9-21-10-17(16)19)24-11-18-14-7-3-1-5-12(14)13-6-2-4-8-15(13)18/h1-8,16-19,21H,9-11H2,(H,22,23). The minimum Gasteiger partial charge on any atom is -0.449 e. The fourth-order valence-corrected chi connectivity index (χ4v) is 4.41. The van der Waals surface area contributed by atoms with Gasteiger partial charge < -0.3 is 15.4 Å². The first-order valence-electron chi connectivity index (χ1n) is 8.65. The molecule has 0 aromatic heterocycles. The molecule has 24 heavy (non-hydrogen) atoms. The van der Waals surface area contributed by atoms with Gasteiger partial charge in [-0.15, -0.1) is 0 Å². The summed E-state index contributed by atoms with van der Waals surface area (Å²) < 4.78 is 5.59. The van der Waals surface area contributed by atoms with E-state index < -0.39 is 0 Å². The number of hydrogen-bond donors (Lipinski definition) is 2. The van der Waals surface area contributed by atoms with Crippen LogP contribution in [0, 0.1) is 11.8 Å². The SMILES string of the molecule is O=C(NC1C2CNCC21)OCC1c2ccccc2-c2ccccc21. The van der Waals surface area contributed by atoms with Crippen LogP contribution in [-0.4, -0.2) is 31.8 Å². The monoisotopic (exact) mass is 320 g/mol. The molecule has 2 atom stereocenters. The van der Waals surface area contributed by atoms with E-state index in [1.165, 1.54) is 22.3 Å². The Morgan fingerprint density at radius 3 is 2.21 bits per heavy atom. The van der Waals surface area contributed by atoms with E-state index in [0.29, 0.717) is 24.5 Å². The van der Waals surface area contributed by atoms with E-state index in [1.54, 1.807) is 0 Å². The number of amides is 1. The number of hydrogen-bond acceptors (Lipinski definition) is 3. The predicted octanol–water partition coefficient (Wildman–Crippen LogP) is 2.74. The maximum absolute atomic E-state index is 12.2. The molecule has 5 rings (SSSR count). The van der Waals surface area contributed by atoms with E-state index in [0.717, 1.165) is 13.1 Å². The van der Waals surface area contributed by atoms with Crippen LogP contribution in [-0.2, 0) is 4.74 Å². The Hall–Kier alpha value is -2.33. The van der Waals surface area contributed by atoms with Gasteiger partial charge in [-0.1, -0.05) is 48.5 Å². The molecule has 2 aromatic rings. The smallest absolute Gasteiger partial charge is 0.407 e. The summed E-state index contributed by atoms with van der Waals surface area (Å²) in [5, 5.41) is 6.36. The number of piperidine rings is 1. The van der Waals surface area contributed by atoms with Crippen molar-refractivity contribution in [1.29, 1.82) is 0 Å². The number of carbonyl (C=O) groups excluding carboxylic acids is 1. The fourth-order valence-electron chi connectivity index (χ4n) is 4.41. The molecule has 2 N–H and O–H groups in total. The minimum atomic E-state index is -0.281. The van der Waals surface area contributed by atoms with E-state index >= 15 is 0 Å². The molecule has 4 nitrogen and oxygen atoms in total. The molecule has 0 bridgehead atoms. The Morgan fingerprint density at radius 1 is 1.00 bits per heavy atom. The Labute approximate surface area is 141 Å². The molecule has 1 heterocycles. The van der Waals surface area contributed by atoms with Crippen molar-refractivity contribution in [3.05, 3.63) is 59.7 Å². The Bertz CT molecular complexity index is 748. The molecule has 0 radical (unpaired) electrons. The van der Waals surface area contributed by atoms with Crippen molar-refractivity contribution < 1.29 is 9.53 Å². The van der Waals surface area contributed by atoms with E-state index in [4.69, 9.17) is 4.74 Å². The van der Waals surface area contributed by atoms with Crippen LogP contribution >= 0.6 is 0 Å². The van der Waals surface area contributed by atoms with Crippen LogP contribution in [0.1, 0.15) is 17.0 Å². The molecule has 122 valence electrons. The first-order valence-corrected chi connectivity index (χ1v) is 8.65. The summed E-state index contributed by atoms with van der Waals surface area (Å²) in [6.07, 6.45) is -0.281. The van der Waals surface area contributed by atoms with Crippen LogP contribution in [0.4, 0.5) is 4.79 Å². The van der Waals surface area contributed by atoms with Crippen LogP contribution in [0.5, 0.6) is 0 Å². The van der Waals surface area contributed by atoms with Gasteiger partial charge in [-0.3, -0.25) is 0 Å². The van der Waals surface area contributed by atoms with Crippen LogP contribution in [0.2, 0.25) is 0 Å². The largest absolute Gasteiger partial charge is 0.449 e. The van der Waals surface area contributed by atoms with Crippen molar-refractivity contribution in [1.82, 2.24) is 10.6 Å². The second-order valence-electron chi connectivity index (χ2n) is 6.98. The summed E-state index contributed by atoms with van der Waals surface area (Å²) in [6, 6.07) is 17.1. The van der Waals surface area contributed by atoms with Gasteiger partial charge in [-0.2, -0.15) is 0 Å². The molecule has 4 heteroatoms. The molecule has 2 aliphatic carbocycles. The molecule has 1 amide bonds. The molecular weight excluding hydrogens is 300 g/mol. The van der Waals surface area contributed by atoms with Crippen molar-refractivity contribution in [2.24, 2.45) is 11.8 Å². The molecule has 2 unspecified atom stereocenters. The van der Waals surface area contributed by atoms with Gasteiger partial charge in [0.1, 0.15) is 6.61 Å². The van der Waals surface area contributed by atoms with Crippen molar-refractivity contribution >= 4 is 6.09 Å².